The lowest BCUT2D eigenvalue weighted by Crippen LogP contribution is -2.12. The van der Waals surface area contributed by atoms with Crippen LogP contribution in [0.4, 0.5) is 0 Å². The van der Waals surface area contributed by atoms with Crippen molar-refractivity contribution in [1.82, 2.24) is 0 Å². The molecule has 3 aromatic rings. The lowest BCUT2D eigenvalue weighted by Gasteiger charge is -2.15. The highest BCUT2D eigenvalue weighted by atomic mass is 16.6. The van der Waals surface area contributed by atoms with Crippen molar-refractivity contribution in [3.05, 3.63) is 77.9 Å². The minimum absolute atomic E-state index is 0.0115. The highest BCUT2D eigenvalue weighted by molar-refractivity contribution is 5.99. The van der Waals surface area contributed by atoms with Crippen LogP contribution < -0.4 is 18.9 Å². The van der Waals surface area contributed by atoms with Gasteiger partial charge in [0, 0.05) is 32.8 Å². The van der Waals surface area contributed by atoms with Gasteiger partial charge in [-0.15, -0.1) is 0 Å². The van der Waals surface area contributed by atoms with Crippen LogP contribution >= 0.6 is 0 Å². The van der Waals surface area contributed by atoms with E-state index in [1.165, 1.54) is 12.1 Å². The van der Waals surface area contributed by atoms with Gasteiger partial charge in [0.05, 0.1) is 0 Å². The molecule has 0 unspecified atom stereocenters. The van der Waals surface area contributed by atoms with E-state index < -0.39 is 17.9 Å². The zero-order chi connectivity index (χ0) is 24.7. The Hall–Kier alpha value is -4.46. The predicted octanol–water partition coefficient (Wildman–Crippen LogP) is 4.68. The average Bonchev–Trinajstić information content (AvgIpc) is 2.77. The van der Waals surface area contributed by atoms with Gasteiger partial charge in [-0.1, -0.05) is 30.3 Å². The van der Waals surface area contributed by atoms with Gasteiger partial charge in [0.2, 0.25) is 5.75 Å². The molecule has 0 radical (unpaired) electrons. The SMILES string of the molecule is CC(=O)Oc1cc(C(=O)Cc2ccc(Oc3ccccc3)cc2)cc(OC(C)=O)c1OC(C)=O. The molecule has 0 spiro atoms. The number of carbonyl (C=O) groups excluding carboxylic acids is 4. The van der Waals surface area contributed by atoms with Gasteiger partial charge in [-0.2, -0.15) is 0 Å². The number of para-hydroxylation sites is 1. The Morgan fingerprint density at radius 2 is 1.15 bits per heavy atom. The highest BCUT2D eigenvalue weighted by Crippen LogP contribution is 2.40. The van der Waals surface area contributed by atoms with Crippen molar-refractivity contribution in [2.24, 2.45) is 0 Å². The summed E-state index contributed by atoms with van der Waals surface area (Å²) in [5, 5.41) is 0. The summed E-state index contributed by atoms with van der Waals surface area (Å²) in [5.41, 5.74) is 0.811. The average molecular weight is 462 g/mol. The second-order valence-electron chi connectivity index (χ2n) is 7.24. The normalized spacial score (nSPS) is 10.2. The van der Waals surface area contributed by atoms with E-state index in [-0.39, 0.29) is 35.0 Å². The van der Waals surface area contributed by atoms with Gasteiger partial charge in [0.1, 0.15) is 11.5 Å². The number of ether oxygens (including phenoxy) is 4. The molecule has 34 heavy (non-hydrogen) atoms. The summed E-state index contributed by atoms with van der Waals surface area (Å²) < 4.78 is 21.0. The van der Waals surface area contributed by atoms with Crippen LogP contribution in [0.15, 0.2) is 66.7 Å². The van der Waals surface area contributed by atoms with E-state index in [1.54, 1.807) is 24.3 Å². The van der Waals surface area contributed by atoms with Crippen molar-refractivity contribution < 1.29 is 38.1 Å². The van der Waals surface area contributed by atoms with Gasteiger partial charge in [0.25, 0.3) is 0 Å². The number of hydrogen-bond acceptors (Lipinski definition) is 8. The van der Waals surface area contributed by atoms with E-state index >= 15 is 0 Å². The molecule has 174 valence electrons. The van der Waals surface area contributed by atoms with Crippen LogP contribution in [0.1, 0.15) is 36.7 Å². The van der Waals surface area contributed by atoms with Crippen LogP contribution in [0.3, 0.4) is 0 Å². The molecule has 0 saturated heterocycles. The summed E-state index contributed by atoms with van der Waals surface area (Å²) in [7, 11) is 0. The van der Waals surface area contributed by atoms with Crippen LogP contribution in [0.25, 0.3) is 0 Å². The highest BCUT2D eigenvalue weighted by Gasteiger charge is 2.22. The largest absolute Gasteiger partial charge is 0.457 e. The first-order chi connectivity index (χ1) is 16.2. The molecule has 8 heteroatoms. The first kappa shape index (κ1) is 24.2. The second kappa shape index (κ2) is 10.9. The molecule has 0 aliphatic rings. The fraction of sp³-hybridized carbons (Fsp3) is 0.154. The van der Waals surface area contributed by atoms with Crippen molar-refractivity contribution in [3.63, 3.8) is 0 Å². The first-order valence-corrected chi connectivity index (χ1v) is 10.3. The minimum atomic E-state index is -0.723. The molecule has 0 aliphatic heterocycles. The number of hydrogen-bond donors (Lipinski definition) is 0. The first-order valence-electron chi connectivity index (χ1n) is 10.3. The molecule has 0 aliphatic carbocycles. The third-order valence-electron chi connectivity index (χ3n) is 4.36. The quantitative estimate of drug-likeness (QED) is 0.270. The smallest absolute Gasteiger partial charge is 0.308 e. The number of carbonyl (C=O) groups is 4. The molecular formula is C26H22O8. The zero-order valence-electron chi connectivity index (χ0n) is 18.8. The molecule has 0 aromatic heterocycles. The van der Waals surface area contributed by atoms with Crippen molar-refractivity contribution in [3.8, 4) is 28.7 Å². The van der Waals surface area contributed by atoms with E-state index in [1.807, 2.05) is 30.3 Å². The van der Waals surface area contributed by atoms with E-state index in [9.17, 15) is 19.2 Å². The lowest BCUT2D eigenvalue weighted by molar-refractivity contribution is -0.135. The molecule has 0 bridgehead atoms. The van der Waals surface area contributed by atoms with Gasteiger partial charge in [-0.05, 0) is 42.0 Å². The fourth-order valence-corrected chi connectivity index (χ4v) is 3.03. The third-order valence-corrected chi connectivity index (χ3v) is 4.36. The Bertz CT molecular complexity index is 1180. The third kappa shape index (κ3) is 6.77. The van der Waals surface area contributed by atoms with Gasteiger partial charge in [0.15, 0.2) is 17.3 Å². The molecule has 3 rings (SSSR count). The number of ketones is 1. The summed E-state index contributed by atoms with van der Waals surface area (Å²) in [5.74, 6) is -1.87. The van der Waals surface area contributed by atoms with Gasteiger partial charge in [-0.25, -0.2) is 0 Å². The van der Waals surface area contributed by atoms with E-state index in [0.29, 0.717) is 17.1 Å². The van der Waals surface area contributed by atoms with E-state index in [0.717, 1.165) is 20.8 Å². The monoisotopic (exact) mass is 462 g/mol. The van der Waals surface area contributed by atoms with Crippen LogP contribution in [-0.2, 0) is 20.8 Å². The predicted molar refractivity (Wildman–Crippen MR) is 121 cm³/mol. The van der Waals surface area contributed by atoms with Crippen molar-refractivity contribution in [2.75, 3.05) is 0 Å². The number of Topliss-reactive ketones (excluding diaryl/α,β-unsaturated/α-hetero) is 1. The molecule has 0 heterocycles. The molecule has 0 atom stereocenters. The molecule has 0 saturated carbocycles. The molecule has 0 fully saturated rings. The maximum atomic E-state index is 13.0. The van der Waals surface area contributed by atoms with Crippen LogP contribution in [0.5, 0.6) is 28.7 Å². The summed E-state index contributed by atoms with van der Waals surface area (Å²) >= 11 is 0. The molecular weight excluding hydrogens is 440 g/mol. The summed E-state index contributed by atoms with van der Waals surface area (Å²) in [4.78, 5) is 47.6. The summed E-state index contributed by atoms with van der Waals surface area (Å²) in [6.45, 7) is 3.44. The van der Waals surface area contributed by atoms with Crippen LogP contribution in [0, 0.1) is 0 Å². The summed E-state index contributed by atoms with van der Waals surface area (Å²) in [6.07, 6.45) is 0.0115. The van der Waals surface area contributed by atoms with Gasteiger partial charge < -0.3 is 18.9 Å². The molecule has 0 amide bonds. The lowest BCUT2D eigenvalue weighted by atomic mass is 10.0. The van der Waals surface area contributed by atoms with E-state index in [4.69, 9.17) is 18.9 Å². The van der Waals surface area contributed by atoms with Crippen molar-refractivity contribution in [1.29, 1.82) is 0 Å². The standard InChI is InChI=1S/C26H22O8/c1-16(27)31-24-14-20(15-25(32-17(2)28)26(24)33-18(3)29)23(30)13-19-9-11-22(12-10-19)34-21-7-5-4-6-8-21/h4-12,14-15H,13H2,1-3H3. The number of rotatable bonds is 8. The fourth-order valence-electron chi connectivity index (χ4n) is 3.03. The Morgan fingerprint density at radius 3 is 1.65 bits per heavy atom. The second-order valence-corrected chi connectivity index (χ2v) is 7.24. The number of benzene rings is 3. The molecule has 8 nitrogen and oxygen atoms in total. The zero-order valence-corrected chi connectivity index (χ0v) is 18.8. The molecule has 3 aromatic carbocycles. The van der Waals surface area contributed by atoms with Crippen LogP contribution in [0.2, 0.25) is 0 Å². The van der Waals surface area contributed by atoms with Crippen LogP contribution in [-0.4, -0.2) is 23.7 Å². The van der Waals surface area contributed by atoms with Crippen molar-refractivity contribution >= 4 is 23.7 Å². The number of esters is 3. The maximum Gasteiger partial charge on any atom is 0.308 e. The van der Waals surface area contributed by atoms with E-state index in [2.05, 4.69) is 0 Å². The Kier molecular flexibility index (Phi) is 7.76. The summed E-state index contributed by atoms with van der Waals surface area (Å²) in [6, 6.07) is 18.8. The Labute approximate surface area is 196 Å². The Balaban J connectivity index is 1.85. The van der Waals surface area contributed by atoms with Crippen molar-refractivity contribution in [2.45, 2.75) is 27.2 Å². The minimum Gasteiger partial charge on any atom is -0.457 e. The van der Waals surface area contributed by atoms with Gasteiger partial charge in [-0.3, -0.25) is 19.2 Å². The maximum absolute atomic E-state index is 13.0. The molecule has 0 N–H and O–H groups in total. The van der Waals surface area contributed by atoms with Gasteiger partial charge >= 0.3 is 17.9 Å². The topological polar surface area (TPSA) is 105 Å². The Morgan fingerprint density at radius 1 is 0.647 bits per heavy atom.